The van der Waals surface area contributed by atoms with E-state index < -0.39 is 0 Å². The third-order valence-corrected chi connectivity index (χ3v) is 3.00. The highest BCUT2D eigenvalue weighted by Gasteiger charge is 2.04. The van der Waals surface area contributed by atoms with E-state index in [2.05, 4.69) is 36.2 Å². The summed E-state index contributed by atoms with van der Waals surface area (Å²) in [5, 5.41) is 5.38. The first kappa shape index (κ1) is 10.7. The van der Waals surface area contributed by atoms with Gasteiger partial charge < -0.3 is 0 Å². The molecule has 3 nitrogen and oxygen atoms in total. The van der Waals surface area contributed by atoms with Gasteiger partial charge in [-0.2, -0.15) is 0 Å². The lowest BCUT2D eigenvalue weighted by Crippen LogP contribution is -1.93. The Kier molecular flexibility index (Phi) is 2.95. The van der Waals surface area contributed by atoms with E-state index in [1.165, 1.54) is 5.56 Å². The molecule has 0 fully saturated rings. The Labute approximate surface area is 94.5 Å². The van der Waals surface area contributed by atoms with E-state index in [1.54, 1.807) is 6.07 Å². The van der Waals surface area contributed by atoms with Gasteiger partial charge in [-0.15, -0.1) is 0 Å². The second-order valence-corrected chi connectivity index (χ2v) is 4.10. The van der Waals surface area contributed by atoms with Crippen molar-refractivity contribution in [2.75, 3.05) is 0 Å². The fourth-order valence-electron chi connectivity index (χ4n) is 1.71. The van der Waals surface area contributed by atoms with Gasteiger partial charge in [-0.3, -0.25) is 15.0 Å². The Morgan fingerprint density at radius 1 is 1.19 bits per heavy atom. The van der Waals surface area contributed by atoms with Crippen LogP contribution in [0, 0.1) is 0 Å². The van der Waals surface area contributed by atoms with Crippen LogP contribution in [0.4, 0.5) is 0 Å². The van der Waals surface area contributed by atoms with Crippen molar-refractivity contribution in [2.24, 2.45) is 0 Å². The molecule has 2 aromatic rings. The number of aromatic amines is 2. The van der Waals surface area contributed by atoms with Gasteiger partial charge in [0.1, 0.15) is 0 Å². The van der Waals surface area contributed by atoms with Crippen LogP contribution in [-0.4, -0.2) is 10.2 Å². The molecule has 84 valence electrons. The van der Waals surface area contributed by atoms with Crippen LogP contribution in [-0.2, 0) is 0 Å². The lowest BCUT2D eigenvalue weighted by molar-refractivity contribution is 0.734. The molecule has 1 aromatic heterocycles. The van der Waals surface area contributed by atoms with Crippen molar-refractivity contribution >= 4 is 0 Å². The van der Waals surface area contributed by atoms with Crippen molar-refractivity contribution in [3.05, 3.63) is 46.2 Å². The fraction of sp³-hybridized carbons (Fsp3) is 0.308. The molecule has 2 N–H and O–H groups in total. The second kappa shape index (κ2) is 4.39. The third kappa shape index (κ3) is 2.08. The highest BCUT2D eigenvalue weighted by molar-refractivity contribution is 5.58. The molecule has 0 radical (unpaired) electrons. The normalized spacial score (nSPS) is 12.6. The van der Waals surface area contributed by atoms with Crippen molar-refractivity contribution in [1.29, 1.82) is 0 Å². The van der Waals surface area contributed by atoms with Gasteiger partial charge in [0.25, 0.3) is 5.56 Å². The molecule has 1 atom stereocenters. The van der Waals surface area contributed by atoms with Gasteiger partial charge in [0.2, 0.25) is 0 Å². The number of hydrogen-bond donors (Lipinski definition) is 2. The van der Waals surface area contributed by atoms with E-state index in [0.29, 0.717) is 5.92 Å². The molecule has 16 heavy (non-hydrogen) atoms. The van der Waals surface area contributed by atoms with Gasteiger partial charge in [0.15, 0.2) is 0 Å². The van der Waals surface area contributed by atoms with Crippen LogP contribution in [0.2, 0.25) is 0 Å². The molecule has 1 heterocycles. The van der Waals surface area contributed by atoms with Crippen molar-refractivity contribution < 1.29 is 0 Å². The minimum Gasteiger partial charge on any atom is -0.298 e. The first-order valence-corrected chi connectivity index (χ1v) is 5.58. The Balaban J connectivity index is 2.29. The molecule has 0 bridgehead atoms. The number of hydrogen-bond acceptors (Lipinski definition) is 1. The predicted molar refractivity (Wildman–Crippen MR) is 65.6 cm³/mol. The summed E-state index contributed by atoms with van der Waals surface area (Å²) in [4.78, 5) is 11.0. The summed E-state index contributed by atoms with van der Waals surface area (Å²) in [5.41, 5.74) is 3.11. The molecular weight excluding hydrogens is 200 g/mol. The molecule has 0 amide bonds. The lowest BCUT2D eigenvalue weighted by atomic mass is 9.97. The summed E-state index contributed by atoms with van der Waals surface area (Å²) in [7, 11) is 0. The average molecular weight is 216 g/mol. The molecule has 2 rings (SSSR count). The van der Waals surface area contributed by atoms with Crippen molar-refractivity contribution in [1.82, 2.24) is 10.2 Å². The summed E-state index contributed by atoms with van der Waals surface area (Å²) in [6.07, 6.45) is 1.14. The Morgan fingerprint density at radius 2 is 1.88 bits per heavy atom. The molecule has 0 aliphatic carbocycles. The van der Waals surface area contributed by atoms with Crippen molar-refractivity contribution in [3.63, 3.8) is 0 Å². The molecule has 0 spiro atoms. The topological polar surface area (TPSA) is 48.6 Å². The van der Waals surface area contributed by atoms with Gasteiger partial charge in [-0.25, -0.2) is 0 Å². The van der Waals surface area contributed by atoms with E-state index >= 15 is 0 Å². The summed E-state index contributed by atoms with van der Waals surface area (Å²) < 4.78 is 0. The number of aromatic nitrogens is 2. The van der Waals surface area contributed by atoms with Crippen LogP contribution in [0.15, 0.2) is 35.1 Å². The highest BCUT2D eigenvalue weighted by atomic mass is 16.1. The van der Waals surface area contributed by atoms with Gasteiger partial charge in [0, 0.05) is 6.07 Å². The van der Waals surface area contributed by atoms with Crippen LogP contribution in [0.3, 0.4) is 0 Å². The van der Waals surface area contributed by atoms with Crippen molar-refractivity contribution in [3.8, 4) is 11.3 Å². The molecule has 0 saturated carbocycles. The van der Waals surface area contributed by atoms with E-state index in [0.717, 1.165) is 17.7 Å². The number of benzene rings is 1. The summed E-state index contributed by atoms with van der Waals surface area (Å²) in [6.45, 7) is 4.40. The van der Waals surface area contributed by atoms with Gasteiger partial charge >= 0.3 is 0 Å². The standard InChI is InChI=1S/C13H16N2O/c1-3-9(2)10-4-6-11(7-5-10)12-8-13(16)15-14-12/h4-9H,3H2,1-2H3,(H2,14,15,16). The number of nitrogens with one attached hydrogen (secondary N) is 2. The number of H-pyrrole nitrogens is 2. The largest absolute Gasteiger partial charge is 0.298 e. The second-order valence-electron chi connectivity index (χ2n) is 4.10. The zero-order chi connectivity index (χ0) is 11.5. The van der Waals surface area contributed by atoms with Gasteiger partial charge in [-0.1, -0.05) is 38.1 Å². The maximum absolute atomic E-state index is 11.0. The SMILES string of the molecule is CCC(C)c1ccc(-c2cc(=O)[nH][nH]2)cc1. The molecule has 0 saturated heterocycles. The maximum atomic E-state index is 11.0. The smallest absolute Gasteiger partial charge is 0.264 e. The molecule has 1 aromatic carbocycles. The molecular formula is C13H16N2O. The molecule has 0 aliphatic heterocycles. The lowest BCUT2D eigenvalue weighted by Gasteiger charge is -2.08. The minimum absolute atomic E-state index is 0.0963. The fourth-order valence-corrected chi connectivity index (χ4v) is 1.71. The Morgan fingerprint density at radius 3 is 2.38 bits per heavy atom. The minimum atomic E-state index is -0.0963. The van der Waals surface area contributed by atoms with Crippen LogP contribution >= 0.6 is 0 Å². The maximum Gasteiger partial charge on any atom is 0.264 e. The Hall–Kier alpha value is -1.77. The summed E-state index contributed by atoms with van der Waals surface area (Å²) in [5.74, 6) is 0.583. The molecule has 0 aliphatic rings. The summed E-state index contributed by atoms with van der Waals surface area (Å²) in [6, 6.07) is 9.89. The molecule has 3 heteroatoms. The van der Waals surface area contributed by atoms with Crippen LogP contribution < -0.4 is 5.56 Å². The van der Waals surface area contributed by atoms with E-state index in [-0.39, 0.29) is 5.56 Å². The Bertz CT molecular complexity index is 507. The van der Waals surface area contributed by atoms with E-state index in [4.69, 9.17) is 0 Å². The van der Waals surface area contributed by atoms with E-state index in [1.807, 2.05) is 12.1 Å². The van der Waals surface area contributed by atoms with Crippen LogP contribution in [0.5, 0.6) is 0 Å². The number of rotatable bonds is 3. The van der Waals surface area contributed by atoms with Crippen molar-refractivity contribution in [2.45, 2.75) is 26.2 Å². The zero-order valence-electron chi connectivity index (χ0n) is 9.58. The van der Waals surface area contributed by atoms with E-state index in [9.17, 15) is 4.79 Å². The predicted octanol–water partition coefficient (Wildman–Crippen LogP) is 2.88. The average Bonchev–Trinajstić information content (AvgIpc) is 2.75. The monoisotopic (exact) mass is 216 g/mol. The zero-order valence-corrected chi connectivity index (χ0v) is 9.58. The van der Waals surface area contributed by atoms with Crippen LogP contribution in [0.1, 0.15) is 31.7 Å². The third-order valence-electron chi connectivity index (χ3n) is 3.00. The van der Waals surface area contributed by atoms with Gasteiger partial charge in [0.05, 0.1) is 5.69 Å². The van der Waals surface area contributed by atoms with Gasteiger partial charge in [-0.05, 0) is 23.5 Å². The summed E-state index contributed by atoms with van der Waals surface area (Å²) >= 11 is 0. The quantitative estimate of drug-likeness (QED) is 0.814. The first-order valence-electron chi connectivity index (χ1n) is 5.58. The first-order chi connectivity index (χ1) is 7.70. The molecule has 1 unspecified atom stereocenters. The highest BCUT2D eigenvalue weighted by Crippen LogP contribution is 2.22. The van der Waals surface area contributed by atoms with Crippen LogP contribution in [0.25, 0.3) is 11.3 Å².